The summed E-state index contributed by atoms with van der Waals surface area (Å²) in [5.41, 5.74) is 1.63. The first-order chi connectivity index (χ1) is 12.0. The maximum atomic E-state index is 12.3. The van der Waals surface area contributed by atoms with Crippen LogP contribution in [0.2, 0.25) is 5.02 Å². The molecule has 0 fully saturated rings. The van der Waals surface area contributed by atoms with E-state index in [4.69, 9.17) is 21.1 Å². The Balaban J connectivity index is 2.00. The molecule has 0 unspecified atom stereocenters. The number of carbonyl (C=O) groups excluding carboxylic acids is 2. The molecule has 132 valence electrons. The van der Waals surface area contributed by atoms with Crippen LogP contribution in [0.25, 0.3) is 0 Å². The van der Waals surface area contributed by atoms with E-state index in [0.29, 0.717) is 34.3 Å². The summed E-state index contributed by atoms with van der Waals surface area (Å²) in [5, 5.41) is 5.82. The van der Waals surface area contributed by atoms with Crippen molar-refractivity contribution in [3.05, 3.63) is 53.1 Å². The first-order valence-electron chi connectivity index (χ1n) is 7.66. The molecule has 0 spiro atoms. The van der Waals surface area contributed by atoms with Crippen molar-refractivity contribution >= 4 is 34.8 Å². The lowest BCUT2D eigenvalue weighted by Crippen LogP contribution is -2.17. The number of benzene rings is 2. The van der Waals surface area contributed by atoms with Crippen LogP contribution in [0.1, 0.15) is 17.3 Å². The van der Waals surface area contributed by atoms with Crippen molar-refractivity contribution in [2.45, 2.75) is 6.92 Å². The molecule has 6 nitrogen and oxygen atoms in total. The Kier molecular flexibility index (Phi) is 6.80. The zero-order valence-corrected chi connectivity index (χ0v) is 14.7. The second-order valence-corrected chi connectivity index (χ2v) is 5.50. The third kappa shape index (κ3) is 5.48. The lowest BCUT2D eigenvalue weighted by atomic mass is 10.2. The van der Waals surface area contributed by atoms with Crippen LogP contribution in [0.3, 0.4) is 0 Å². The molecule has 0 radical (unpaired) electrons. The van der Waals surface area contributed by atoms with Crippen LogP contribution in [0.15, 0.2) is 42.5 Å². The number of hydrogen-bond acceptors (Lipinski definition) is 4. The standard InChI is InChI=1S/C18H19ClN2O4/c1-3-25-16-9-4-12(10-15(16)19)18(23)21-14-7-5-13(6-8-14)20-17(22)11-24-2/h4-10H,3,11H2,1-2H3,(H,20,22)(H,21,23). The van der Waals surface area contributed by atoms with Crippen LogP contribution in [0.4, 0.5) is 11.4 Å². The van der Waals surface area contributed by atoms with Gasteiger partial charge < -0.3 is 20.1 Å². The molecule has 0 atom stereocenters. The maximum absolute atomic E-state index is 12.3. The fraction of sp³-hybridized carbons (Fsp3) is 0.222. The highest BCUT2D eigenvalue weighted by atomic mass is 35.5. The van der Waals surface area contributed by atoms with Gasteiger partial charge in [-0.1, -0.05) is 11.6 Å². The fourth-order valence-corrected chi connectivity index (χ4v) is 2.32. The predicted molar refractivity (Wildman–Crippen MR) is 97.5 cm³/mol. The highest BCUT2D eigenvalue weighted by Gasteiger charge is 2.10. The van der Waals surface area contributed by atoms with Crippen LogP contribution < -0.4 is 15.4 Å². The Bertz CT molecular complexity index is 747. The number of carbonyl (C=O) groups is 2. The van der Waals surface area contributed by atoms with Crippen molar-refractivity contribution in [2.24, 2.45) is 0 Å². The van der Waals surface area contributed by atoms with E-state index in [1.807, 2.05) is 6.92 Å². The molecule has 0 heterocycles. The monoisotopic (exact) mass is 362 g/mol. The van der Waals surface area contributed by atoms with Gasteiger partial charge in [-0.05, 0) is 49.4 Å². The first-order valence-corrected chi connectivity index (χ1v) is 8.03. The summed E-state index contributed by atoms with van der Waals surface area (Å²) in [4.78, 5) is 23.7. The van der Waals surface area contributed by atoms with Gasteiger partial charge in [-0.3, -0.25) is 9.59 Å². The Hall–Kier alpha value is -2.57. The minimum absolute atomic E-state index is 0.0169. The number of nitrogens with one attached hydrogen (secondary N) is 2. The SMILES string of the molecule is CCOc1ccc(C(=O)Nc2ccc(NC(=O)COC)cc2)cc1Cl. The molecule has 2 N–H and O–H groups in total. The minimum Gasteiger partial charge on any atom is -0.492 e. The van der Waals surface area contributed by atoms with Gasteiger partial charge in [0.05, 0.1) is 11.6 Å². The van der Waals surface area contributed by atoms with Gasteiger partial charge in [0, 0.05) is 24.0 Å². The van der Waals surface area contributed by atoms with Crippen molar-refractivity contribution in [3.8, 4) is 5.75 Å². The Labute approximate surface area is 151 Å². The third-order valence-corrected chi connectivity index (χ3v) is 3.49. The molecule has 2 amide bonds. The van der Waals surface area contributed by atoms with Gasteiger partial charge in [0.1, 0.15) is 12.4 Å². The number of amides is 2. The highest BCUT2D eigenvalue weighted by Crippen LogP contribution is 2.26. The van der Waals surface area contributed by atoms with Crippen molar-refractivity contribution in [1.82, 2.24) is 0 Å². The minimum atomic E-state index is -0.291. The van der Waals surface area contributed by atoms with Crippen molar-refractivity contribution < 1.29 is 19.1 Å². The number of hydrogen-bond donors (Lipinski definition) is 2. The molecule has 0 bridgehead atoms. The quantitative estimate of drug-likeness (QED) is 0.789. The van der Waals surface area contributed by atoms with Crippen LogP contribution in [0.5, 0.6) is 5.75 Å². The molecular formula is C18H19ClN2O4. The summed E-state index contributed by atoms with van der Waals surface area (Å²) in [7, 11) is 1.45. The summed E-state index contributed by atoms with van der Waals surface area (Å²) >= 11 is 6.09. The Morgan fingerprint density at radius 2 is 1.68 bits per heavy atom. The smallest absolute Gasteiger partial charge is 0.255 e. The van der Waals surface area contributed by atoms with E-state index in [2.05, 4.69) is 10.6 Å². The van der Waals surface area contributed by atoms with Gasteiger partial charge in [-0.2, -0.15) is 0 Å². The number of anilines is 2. The molecule has 2 rings (SSSR count). The first kappa shape index (κ1) is 18.8. The van der Waals surface area contributed by atoms with Gasteiger partial charge in [-0.15, -0.1) is 0 Å². The fourth-order valence-electron chi connectivity index (χ4n) is 2.08. The molecule has 0 saturated carbocycles. The Morgan fingerprint density at radius 3 is 2.24 bits per heavy atom. The molecule has 2 aromatic carbocycles. The summed E-state index contributed by atoms with van der Waals surface area (Å²) in [6.45, 7) is 2.34. The number of ether oxygens (including phenoxy) is 2. The molecule has 0 aliphatic rings. The van der Waals surface area contributed by atoms with Gasteiger partial charge in [-0.25, -0.2) is 0 Å². The number of methoxy groups -OCH3 is 1. The van der Waals surface area contributed by atoms with Gasteiger partial charge in [0.2, 0.25) is 5.91 Å². The third-order valence-electron chi connectivity index (χ3n) is 3.20. The summed E-state index contributed by atoms with van der Waals surface area (Å²) in [6, 6.07) is 11.6. The second kappa shape index (κ2) is 9.05. The van der Waals surface area contributed by atoms with Gasteiger partial charge >= 0.3 is 0 Å². The molecule has 7 heteroatoms. The predicted octanol–water partition coefficient (Wildman–Crippen LogP) is 3.58. The van der Waals surface area contributed by atoms with Crippen molar-refractivity contribution in [3.63, 3.8) is 0 Å². The normalized spacial score (nSPS) is 10.2. The molecule has 0 aliphatic heterocycles. The summed E-state index contributed by atoms with van der Waals surface area (Å²) in [6.07, 6.45) is 0. The van der Waals surface area contributed by atoms with E-state index in [9.17, 15) is 9.59 Å². The van der Waals surface area contributed by atoms with Gasteiger partial charge in [0.25, 0.3) is 5.91 Å². The largest absolute Gasteiger partial charge is 0.492 e. The lowest BCUT2D eigenvalue weighted by Gasteiger charge is -2.09. The number of rotatable bonds is 7. The van der Waals surface area contributed by atoms with E-state index in [1.54, 1.807) is 42.5 Å². The maximum Gasteiger partial charge on any atom is 0.255 e. The molecule has 2 aromatic rings. The van der Waals surface area contributed by atoms with E-state index in [-0.39, 0.29) is 18.4 Å². The van der Waals surface area contributed by atoms with Crippen molar-refractivity contribution in [2.75, 3.05) is 31.0 Å². The molecular weight excluding hydrogens is 344 g/mol. The summed E-state index contributed by atoms with van der Waals surface area (Å²) in [5.74, 6) is 0.00121. The Morgan fingerprint density at radius 1 is 1.04 bits per heavy atom. The van der Waals surface area contributed by atoms with Crippen LogP contribution >= 0.6 is 11.6 Å². The van der Waals surface area contributed by atoms with Crippen LogP contribution in [-0.2, 0) is 9.53 Å². The zero-order chi connectivity index (χ0) is 18.2. The van der Waals surface area contributed by atoms with E-state index < -0.39 is 0 Å². The topological polar surface area (TPSA) is 76.7 Å². The zero-order valence-electron chi connectivity index (χ0n) is 14.0. The van der Waals surface area contributed by atoms with Gasteiger partial charge in [0.15, 0.2) is 0 Å². The molecule has 0 saturated heterocycles. The van der Waals surface area contributed by atoms with Crippen molar-refractivity contribution in [1.29, 1.82) is 0 Å². The highest BCUT2D eigenvalue weighted by molar-refractivity contribution is 6.32. The van der Waals surface area contributed by atoms with E-state index >= 15 is 0 Å². The van der Waals surface area contributed by atoms with E-state index in [1.165, 1.54) is 7.11 Å². The molecule has 0 aromatic heterocycles. The summed E-state index contributed by atoms with van der Waals surface area (Å²) < 4.78 is 10.1. The van der Waals surface area contributed by atoms with E-state index in [0.717, 1.165) is 0 Å². The average Bonchev–Trinajstić information content (AvgIpc) is 2.58. The number of halogens is 1. The second-order valence-electron chi connectivity index (χ2n) is 5.09. The lowest BCUT2D eigenvalue weighted by molar-refractivity contribution is -0.119. The van der Waals surface area contributed by atoms with Crippen LogP contribution in [-0.4, -0.2) is 32.1 Å². The van der Waals surface area contributed by atoms with Crippen LogP contribution in [0, 0.1) is 0 Å². The molecule has 25 heavy (non-hydrogen) atoms. The average molecular weight is 363 g/mol. The molecule has 0 aliphatic carbocycles.